The third-order valence-corrected chi connectivity index (χ3v) is 4.48. The van der Waals surface area contributed by atoms with Crippen LogP contribution in [0, 0.1) is 5.92 Å². The van der Waals surface area contributed by atoms with E-state index >= 15 is 0 Å². The summed E-state index contributed by atoms with van der Waals surface area (Å²) in [6.45, 7) is -0.0466. The molecule has 1 fully saturated rings. The van der Waals surface area contributed by atoms with Gasteiger partial charge in [-0.15, -0.1) is 0 Å². The molecule has 1 amide bonds. The van der Waals surface area contributed by atoms with Crippen molar-refractivity contribution < 1.29 is 14.6 Å². The maximum absolute atomic E-state index is 12.4. The Hall–Kier alpha value is -2.67. The van der Waals surface area contributed by atoms with Crippen molar-refractivity contribution >= 4 is 5.91 Å². The van der Waals surface area contributed by atoms with Crippen LogP contribution in [0.4, 0.5) is 0 Å². The fourth-order valence-corrected chi connectivity index (χ4v) is 3.04. The molecule has 25 heavy (non-hydrogen) atoms. The normalized spacial score (nSPS) is 20.4. The van der Waals surface area contributed by atoms with E-state index in [0.717, 1.165) is 5.56 Å². The Morgan fingerprint density at radius 1 is 1.40 bits per heavy atom. The van der Waals surface area contributed by atoms with Crippen LogP contribution in [-0.4, -0.2) is 33.8 Å². The number of methoxy groups -OCH3 is 1. The summed E-state index contributed by atoms with van der Waals surface area (Å²) in [5, 5.41) is 12.6. The van der Waals surface area contributed by atoms with Gasteiger partial charge >= 0.3 is 0 Å². The predicted octanol–water partition coefficient (Wildman–Crippen LogP) is 0.880. The van der Waals surface area contributed by atoms with E-state index in [1.165, 1.54) is 10.6 Å². The minimum Gasteiger partial charge on any atom is -0.481 e. The van der Waals surface area contributed by atoms with E-state index in [1.807, 2.05) is 6.07 Å². The van der Waals surface area contributed by atoms with Gasteiger partial charge in [-0.2, -0.15) is 0 Å². The Bertz CT molecular complexity index is 781. The van der Waals surface area contributed by atoms with Gasteiger partial charge in [-0.3, -0.25) is 9.59 Å². The minimum atomic E-state index is -0.327. The number of carbonyl (C=O) groups excluding carboxylic acids is 1. The van der Waals surface area contributed by atoms with Crippen molar-refractivity contribution in [3.8, 4) is 5.88 Å². The molecule has 132 valence electrons. The van der Waals surface area contributed by atoms with E-state index in [-0.39, 0.29) is 36.1 Å². The molecular formula is C18H21N3O4. The van der Waals surface area contributed by atoms with Crippen LogP contribution >= 0.6 is 0 Å². The quantitative estimate of drug-likeness (QED) is 0.812. The summed E-state index contributed by atoms with van der Waals surface area (Å²) in [6.07, 6.45) is 4.18. The van der Waals surface area contributed by atoms with Crippen LogP contribution in [0.5, 0.6) is 5.88 Å². The highest BCUT2D eigenvalue weighted by Crippen LogP contribution is 2.38. The molecule has 2 aromatic rings. The van der Waals surface area contributed by atoms with Crippen LogP contribution in [0.2, 0.25) is 0 Å². The van der Waals surface area contributed by atoms with Crippen LogP contribution in [0.15, 0.2) is 47.5 Å². The summed E-state index contributed by atoms with van der Waals surface area (Å²) < 4.78 is 6.42. The molecule has 1 saturated carbocycles. The molecule has 2 heterocycles. The number of nitrogens with one attached hydrogen (secondary N) is 1. The zero-order chi connectivity index (χ0) is 17.8. The minimum absolute atomic E-state index is 0.0466. The van der Waals surface area contributed by atoms with Gasteiger partial charge in [-0.1, -0.05) is 12.1 Å². The largest absolute Gasteiger partial charge is 0.481 e. The molecule has 0 aromatic carbocycles. The van der Waals surface area contributed by atoms with Gasteiger partial charge in [-0.25, -0.2) is 4.98 Å². The fourth-order valence-electron chi connectivity index (χ4n) is 3.04. The first-order chi connectivity index (χ1) is 12.1. The number of carbonyl (C=O) groups is 1. The Morgan fingerprint density at radius 3 is 2.80 bits per heavy atom. The Labute approximate surface area is 145 Å². The number of aliphatic hydroxyl groups excluding tert-OH is 1. The number of aromatic nitrogens is 2. The van der Waals surface area contributed by atoms with Crippen LogP contribution in [0.1, 0.15) is 24.4 Å². The molecule has 0 aliphatic heterocycles. The van der Waals surface area contributed by atoms with Crippen molar-refractivity contribution in [3.05, 3.63) is 58.6 Å². The van der Waals surface area contributed by atoms with E-state index in [4.69, 9.17) is 4.74 Å². The van der Waals surface area contributed by atoms with Crippen molar-refractivity contribution in [2.45, 2.75) is 31.5 Å². The van der Waals surface area contributed by atoms with Gasteiger partial charge in [0, 0.05) is 24.5 Å². The lowest BCUT2D eigenvalue weighted by atomic mass is 9.75. The molecule has 0 bridgehead atoms. The number of pyridine rings is 2. The van der Waals surface area contributed by atoms with Gasteiger partial charge in [0.1, 0.15) is 6.54 Å². The van der Waals surface area contributed by atoms with Gasteiger partial charge in [0.2, 0.25) is 11.8 Å². The van der Waals surface area contributed by atoms with Crippen molar-refractivity contribution in [2.75, 3.05) is 7.11 Å². The summed E-state index contributed by atoms with van der Waals surface area (Å²) in [7, 11) is 1.54. The maximum atomic E-state index is 12.4. The Balaban J connectivity index is 1.74. The fraction of sp³-hybridized carbons (Fsp3) is 0.389. The second kappa shape index (κ2) is 7.48. The smallest absolute Gasteiger partial charge is 0.250 e. The summed E-state index contributed by atoms with van der Waals surface area (Å²) in [4.78, 5) is 28.4. The van der Waals surface area contributed by atoms with Crippen molar-refractivity contribution in [2.24, 2.45) is 5.92 Å². The Kier molecular flexibility index (Phi) is 5.14. The lowest BCUT2D eigenvalue weighted by molar-refractivity contribution is -0.123. The average molecular weight is 343 g/mol. The second-order valence-corrected chi connectivity index (χ2v) is 6.23. The monoisotopic (exact) mass is 343 g/mol. The lowest BCUT2D eigenvalue weighted by Gasteiger charge is -2.38. The van der Waals surface area contributed by atoms with E-state index < -0.39 is 0 Å². The molecule has 3 rings (SSSR count). The van der Waals surface area contributed by atoms with Crippen molar-refractivity contribution in [3.63, 3.8) is 0 Å². The first-order valence-corrected chi connectivity index (χ1v) is 8.19. The second-order valence-electron chi connectivity index (χ2n) is 6.23. The molecule has 7 heteroatoms. The number of hydrogen-bond acceptors (Lipinski definition) is 5. The number of amides is 1. The highest BCUT2D eigenvalue weighted by molar-refractivity contribution is 5.76. The number of nitrogens with zero attached hydrogens (tertiary/aromatic N) is 2. The van der Waals surface area contributed by atoms with Crippen molar-refractivity contribution in [1.82, 2.24) is 14.9 Å². The number of aliphatic hydroxyl groups is 1. The van der Waals surface area contributed by atoms with Crippen LogP contribution in [-0.2, 0) is 11.3 Å². The maximum Gasteiger partial charge on any atom is 0.250 e. The molecule has 0 saturated heterocycles. The third kappa shape index (κ3) is 4.06. The molecule has 2 aromatic heterocycles. The summed E-state index contributed by atoms with van der Waals surface area (Å²) >= 11 is 0. The topological polar surface area (TPSA) is 93.5 Å². The van der Waals surface area contributed by atoms with E-state index in [2.05, 4.69) is 10.3 Å². The molecule has 0 radical (unpaired) electrons. The van der Waals surface area contributed by atoms with Gasteiger partial charge in [0.25, 0.3) is 5.56 Å². The molecule has 0 unspecified atom stereocenters. The molecule has 1 aliphatic rings. The molecule has 0 spiro atoms. The summed E-state index contributed by atoms with van der Waals surface area (Å²) in [5.74, 6) is 0.385. The zero-order valence-electron chi connectivity index (χ0n) is 14.0. The molecule has 1 aliphatic carbocycles. The predicted molar refractivity (Wildman–Crippen MR) is 91.1 cm³/mol. The standard InChI is InChI=1S/C18H21N3O4/c1-25-16-6-5-12(10-19-16)18(13-8-14(22)9-13)20-15(23)11-21-7-3-2-4-17(21)24/h2-7,10,13-14,18,22H,8-9,11H2,1H3,(H,20,23)/t13?,14?,18-/m1/s1. The van der Waals surface area contributed by atoms with Gasteiger partial charge in [0.15, 0.2) is 0 Å². The van der Waals surface area contributed by atoms with Gasteiger partial charge in [0.05, 0.1) is 19.3 Å². The SMILES string of the molecule is COc1ccc([C@@H](NC(=O)Cn2ccccc2=O)C2CC(O)C2)cn1. The van der Waals surface area contributed by atoms with E-state index in [0.29, 0.717) is 18.7 Å². The Morgan fingerprint density at radius 2 is 2.20 bits per heavy atom. The summed E-state index contributed by atoms with van der Waals surface area (Å²) in [6, 6.07) is 8.11. The average Bonchev–Trinajstić information content (AvgIpc) is 2.59. The first-order valence-electron chi connectivity index (χ1n) is 8.19. The molecular weight excluding hydrogens is 322 g/mol. The van der Waals surface area contributed by atoms with E-state index in [9.17, 15) is 14.7 Å². The summed E-state index contributed by atoms with van der Waals surface area (Å²) in [5.41, 5.74) is 0.630. The van der Waals surface area contributed by atoms with Gasteiger partial charge < -0.3 is 19.7 Å². The number of hydrogen-bond donors (Lipinski definition) is 2. The first kappa shape index (κ1) is 17.2. The van der Waals surface area contributed by atoms with Crippen LogP contribution < -0.4 is 15.6 Å². The van der Waals surface area contributed by atoms with Crippen LogP contribution in [0.25, 0.3) is 0 Å². The number of ether oxygens (including phenoxy) is 1. The van der Waals surface area contributed by atoms with Gasteiger partial charge in [-0.05, 0) is 30.4 Å². The molecule has 1 atom stereocenters. The molecule has 7 nitrogen and oxygen atoms in total. The van der Waals surface area contributed by atoms with Crippen molar-refractivity contribution in [1.29, 1.82) is 0 Å². The highest BCUT2D eigenvalue weighted by Gasteiger charge is 2.35. The lowest BCUT2D eigenvalue weighted by Crippen LogP contribution is -2.43. The zero-order valence-corrected chi connectivity index (χ0v) is 14.0. The highest BCUT2D eigenvalue weighted by atomic mass is 16.5. The third-order valence-electron chi connectivity index (χ3n) is 4.48. The molecule has 2 N–H and O–H groups in total. The van der Waals surface area contributed by atoms with Crippen LogP contribution in [0.3, 0.4) is 0 Å². The number of rotatable bonds is 6. The van der Waals surface area contributed by atoms with E-state index in [1.54, 1.807) is 37.7 Å².